The summed E-state index contributed by atoms with van der Waals surface area (Å²) in [5.74, 6) is 0.898. The number of pyridine rings is 1. The molecule has 1 aliphatic heterocycles. The number of anilines is 1. The van der Waals surface area contributed by atoms with Gasteiger partial charge in [-0.05, 0) is 41.4 Å². The highest BCUT2D eigenvalue weighted by Crippen LogP contribution is 2.23. The fourth-order valence-corrected chi connectivity index (χ4v) is 1.96. The molecule has 1 saturated heterocycles. The molecule has 0 aromatic carbocycles. The lowest BCUT2D eigenvalue weighted by molar-refractivity contribution is 0.121. The van der Waals surface area contributed by atoms with E-state index in [0.717, 1.165) is 23.3 Å². The molecule has 2 rings (SSSR count). The van der Waals surface area contributed by atoms with Crippen molar-refractivity contribution in [1.29, 1.82) is 0 Å². The van der Waals surface area contributed by atoms with E-state index in [1.54, 1.807) is 6.20 Å². The first-order valence-electron chi connectivity index (χ1n) is 4.76. The molecule has 0 spiro atoms. The third-order valence-electron chi connectivity index (χ3n) is 2.46. The van der Waals surface area contributed by atoms with E-state index < -0.39 is 0 Å². The van der Waals surface area contributed by atoms with Crippen LogP contribution in [0.3, 0.4) is 0 Å². The second-order valence-corrected chi connectivity index (χ2v) is 4.30. The van der Waals surface area contributed by atoms with E-state index >= 15 is 0 Å². The van der Waals surface area contributed by atoms with Gasteiger partial charge >= 0.3 is 0 Å². The average Bonchev–Trinajstić information content (AvgIpc) is 2.56. The minimum absolute atomic E-state index is 0.268. The van der Waals surface area contributed by atoms with Crippen LogP contribution in [-0.4, -0.2) is 23.7 Å². The molecule has 0 amide bonds. The standard InChI is InChI=1S/C10H13BrN2O/c1-7-9(4-6-14-7)13-10-8(11)3-2-5-12-10/h2-3,5,7,9H,4,6H2,1H3,(H,12,13). The molecule has 1 aromatic rings. The third kappa shape index (κ3) is 2.07. The van der Waals surface area contributed by atoms with Crippen LogP contribution in [-0.2, 0) is 4.74 Å². The molecule has 2 heterocycles. The molecule has 3 nitrogen and oxygen atoms in total. The first kappa shape index (κ1) is 9.93. The summed E-state index contributed by atoms with van der Waals surface area (Å²) in [6, 6.07) is 4.26. The normalized spacial score (nSPS) is 26.4. The van der Waals surface area contributed by atoms with Crippen molar-refractivity contribution in [3.8, 4) is 0 Å². The Morgan fingerprint density at radius 1 is 1.64 bits per heavy atom. The van der Waals surface area contributed by atoms with E-state index in [4.69, 9.17) is 4.74 Å². The van der Waals surface area contributed by atoms with Gasteiger partial charge in [0.05, 0.1) is 16.6 Å². The van der Waals surface area contributed by atoms with Gasteiger partial charge in [-0.2, -0.15) is 0 Å². The lowest BCUT2D eigenvalue weighted by Crippen LogP contribution is -2.27. The van der Waals surface area contributed by atoms with Gasteiger partial charge in [-0.3, -0.25) is 0 Å². The summed E-state index contributed by atoms with van der Waals surface area (Å²) in [6.45, 7) is 2.92. The third-order valence-corrected chi connectivity index (χ3v) is 3.10. The van der Waals surface area contributed by atoms with Crippen LogP contribution in [0.4, 0.5) is 5.82 Å². The van der Waals surface area contributed by atoms with Crippen molar-refractivity contribution in [1.82, 2.24) is 4.98 Å². The monoisotopic (exact) mass is 256 g/mol. The average molecular weight is 257 g/mol. The second kappa shape index (κ2) is 4.28. The van der Waals surface area contributed by atoms with Crippen LogP contribution in [0, 0.1) is 0 Å². The number of halogens is 1. The van der Waals surface area contributed by atoms with Gasteiger partial charge in [0.1, 0.15) is 5.82 Å². The van der Waals surface area contributed by atoms with Gasteiger partial charge in [-0.1, -0.05) is 0 Å². The van der Waals surface area contributed by atoms with Gasteiger partial charge in [0.2, 0.25) is 0 Å². The van der Waals surface area contributed by atoms with Crippen LogP contribution in [0.2, 0.25) is 0 Å². The van der Waals surface area contributed by atoms with Crippen molar-refractivity contribution in [2.24, 2.45) is 0 Å². The van der Waals surface area contributed by atoms with Gasteiger partial charge in [0.25, 0.3) is 0 Å². The molecule has 0 saturated carbocycles. The molecule has 1 N–H and O–H groups in total. The van der Waals surface area contributed by atoms with Crippen LogP contribution in [0.5, 0.6) is 0 Å². The Bertz CT molecular complexity index is 319. The molecular weight excluding hydrogens is 244 g/mol. The maximum atomic E-state index is 5.47. The highest BCUT2D eigenvalue weighted by atomic mass is 79.9. The Morgan fingerprint density at radius 3 is 3.14 bits per heavy atom. The molecule has 0 aliphatic carbocycles. The zero-order chi connectivity index (χ0) is 9.97. The SMILES string of the molecule is CC1OCCC1Nc1ncccc1Br. The number of ether oxygens (including phenoxy) is 1. The summed E-state index contributed by atoms with van der Waals surface area (Å²) in [4.78, 5) is 4.26. The Kier molecular flexibility index (Phi) is 3.03. The number of nitrogens with one attached hydrogen (secondary N) is 1. The second-order valence-electron chi connectivity index (χ2n) is 3.45. The maximum Gasteiger partial charge on any atom is 0.140 e. The molecule has 1 fully saturated rings. The van der Waals surface area contributed by atoms with Crippen molar-refractivity contribution in [3.05, 3.63) is 22.8 Å². The van der Waals surface area contributed by atoms with Gasteiger partial charge in [0, 0.05) is 12.8 Å². The van der Waals surface area contributed by atoms with Gasteiger partial charge in [0.15, 0.2) is 0 Å². The Morgan fingerprint density at radius 2 is 2.50 bits per heavy atom. The number of hydrogen-bond acceptors (Lipinski definition) is 3. The molecule has 2 unspecified atom stereocenters. The molecule has 76 valence electrons. The predicted octanol–water partition coefficient (Wildman–Crippen LogP) is 2.43. The van der Waals surface area contributed by atoms with Crippen LogP contribution < -0.4 is 5.32 Å². The summed E-state index contributed by atoms with van der Waals surface area (Å²) in [5, 5.41) is 3.38. The first-order chi connectivity index (χ1) is 6.77. The highest BCUT2D eigenvalue weighted by Gasteiger charge is 2.24. The van der Waals surface area contributed by atoms with E-state index in [0.29, 0.717) is 6.04 Å². The van der Waals surface area contributed by atoms with Gasteiger partial charge < -0.3 is 10.1 Å². The molecule has 4 heteroatoms. The smallest absolute Gasteiger partial charge is 0.140 e. The maximum absolute atomic E-state index is 5.47. The van der Waals surface area contributed by atoms with Crippen LogP contribution in [0.25, 0.3) is 0 Å². The molecule has 0 radical (unpaired) electrons. The van der Waals surface area contributed by atoms with E-state index in [1.165, 1.54) is 0 Å². The molecule has 1 aliphatic rings. The fourth-order valence-electron chi connectivity index (χ4n) is 1.59. The summed E-state index contributed by atoms with van der Waals surface area (Å²) < 4.78 is 6.47. The summed E-state index contributed by atoms with van der Waals surface area (Å²) >= 11 is 3.46. The minimum atomic E-state index is 0.268. The van der Waals surface area contributed by atoms with E-state index in [-0.39, 0.29) is 6.10 Å². The first-order valence-corrected chi connectivity index (χ1v) is 5.55. The Hall–Kier alpha value is -0.610. The van der Waals surface area contributed by atoms with Crippen LogP contribution in [0.15, 0.2) is 22.8 Å². The van der Waals surface area contributed by atoms with Gasteiger partial charge in [-0.15, -0.1) is 0 Å². The van der Waals surface area contributed by atoms with E-state index in [9.17, 15) is 0 Å². The number of aromatic nitrogens is 1. The van der Waals surface area contributed by atoms with Crippen molar-refractivity contribution in [2.45, 2.75) is 25.5 Å². The van der Waals surface area contributed by atoms with Crippen molar-refractivity contribution < 1.29 is 4.74 Å². The van der Waals surface area contributed by atoms with E-state index in [1.807, 2.05) is 12.1 Å². The zero-order valence-corrected chi connectivity index (χ0v) is 9.62. The van der Waals surface area contributed by atoms with Crippen molar-refractivity contribution in [3.63, 3.8) is 0 Å². The summed E-state index contributed by atoms with van der Waals surface area (Å²) in [7, 11) is 0. The van der Waals surface area contributed by atoms with Gasteiger partial charge in [-0.25, -0.2) is 4.98 Å². The largest absolute Gasteiger partial charge is 0.376 e. The lowest BCUT2D eigenvalue weighted by Gasteiger charge is -2.17. The summed E-state index contributed by atoms with van der Waals surface area (Å²) in [5.41, 5.74) is 0. The number of nitrogens with zero attached hydrogens (tertiary/aromatic N) is 1. The number of hydrogen-bond donors (Lipinski definition) is 1. The molecule has 2 atom stereocenters. The quantitative estimate of drug-likeness (QED) is 0.883. The summed E-state index contributed by atoms with van der Waals surface area (Å²) in [6.07, 6.45) is 3.10. The zero-order valence-electron chi connectivity index (χ0n) is 8.03. The van der Waals surface area contributed by atoms with Crippen molar-refractivity contribution >= 4 is 21.7 Å². The topological polar surface area (TPSA) is 34.1 Å². The Balaban J connectivity index is 2.07. The minimum Gasteiger partial charge on any atom is -0.376 e. The van der Waals surface area contributed by atoms with Crippen LogP contribution in [0.1, 0.15) is 13.3 Å². The Labute approximate surface area is 92.0 Å². The molecule has 14 heavy (non-hydrogen) atoms. The molecule has 0 bridgehead atoms. The predicted molar refractivity (Wildman–Crippen MR) is 59.4 cm³/mol. The molecule has 1 aromatic heterocycles. The number of rotatable bonds is 2. The van der Waals surface area contributed by atoms with Crippen molar-refractivity contribution in [2.75, 3.05) is 11.9 Å². The van der Waals surface area contributed by atoms with E-state index in [2.05, 4.69) is 33.2 Å². The fraction of sp³-hybridized carbons (Fsp3) is 0.500. The van der Waals surface area contributed by atoms with Crippen LogP contribution >= 0.6 is 15.9 Å². The lowest BCUT2D eigenvalue weighted by atomic mass is 10.1. The molecular formula is C10H13BrN2O. The highest BCUT2D eigenvalue weighted by molar-refractivity contribution is 9.10.